The van der Waals surface area contributed by atoms with E-state index in [1.807, 2.05) is 59.5 Å². The Balaban J connectivity index is 1.44. The Labute approximate surface area is 214 Å². The Morgan fingerprint density at radius 2 is 1.59 bits per heavy atom. The molecule has 2 heterocycles. The molecule has 4 aromatic carbocycles. The van der Waals surface area contributed by atoms with Crippen LogP contribution in [0.1, 0.15) is 20.7 Å². The summed E-state index contributed by atoms with van der Waals surface area (Å²) in [5.41, 5.74) is 10.2. The van der Waals surface area contributed by atoms with Gasteiger partial charge < -0.3 is 25.3 Å². The maximum atomic E-state index is 13.1. The topological polar surface area (TPSA) is 91.7 Å². The second-order valence-corrected chi connectivity index (χ2v) is 9.72. The molecule has 0 spiro atoms. The van der Waals surface area contributed by atoms with Crippen LogP contribution in [-0.2, 0) is 0 Å². The number of benzene rings is 4. The molecule has 0 radical (unpaired) electrons. The van der Waals surface area contributed by atoms with Crippen LogP contribution in [0.2, 0.25) is 0 Å². The largest absolute Gasteiger partial charge is 0.497 e. The van der Waals surface area contributed by atoms with Gasteiger partial charge in [-0.25, -0.2) is 0 Å². The van der Waals surface area contributed by atoms with Gasteiger partial charge in [-0.3, -0.25) is 9.59 Å². The minimum atomic E-state index is -0.502. The maximum Gasteiger partial charge on any atom is 0.254 e. The lowest BCUT2D eigenvalue weighted by Crippen LogP contribution is -2.47. The van der Waals surface area contributed by atoms with Crippen LogP contribution in [0, 0.1) is 0 Å². The van der Waals surface area contributed by atoms with E-state index in [0.29, 0.717) is 29.7 Å². The number of aromatic amines is 1. The van der Waals surface area contributed by atoms with E-state index in [1.54, 1.807) is 7.11 Å². The average Bonchev–Trinajstić information content (AvgIpc) is 3.29. The van der Waals surface area contributed by atoms with Gasteiger partial charge in [0.25, 0.3) is 11.8 Å². The Hall–Kier alpha value is -4.36. The fourth-order valence-corrected chi connectivity index (χ4v) is 5.22. The number of nitrogens with one attached hydrogen (secondary N) is 1. The summed E-state index contributed by atoms with van der Waals surface area (Å²) in [4.78, 5) is 33.1. The second kappa shape index (κ2) is 8.94. The lowest BCUT2D eigenvalue weighted by molar-refractivity contribution is 0.0664. The number of likely N-dealkylation sites (N-methyl/N-ethyl adjacent to an activating group) is 1. The van der Waals surface area contributed by atoms with Gasteiger partial charge in [-0.15, -0.1) is 0 Å². The third kappa shape index (κ3) is 4.07. The molecule has 1 aliphatic rings. The van der Waals surface area contributed by atoms with Crippen LogP contribution in [0.5, 0.6) is 5.75 Å². The molecule has 0 aliphatic carbocycles. The zero-order valence-electron chi connectivity index (χ0n) is 20.9. The summed E-state index contributed by atoms with van der Waals surface area (Å²) in [5.74, 6) is 0.330. The summed E-state index contributed by atoms with van der Waals surface area (Å²) in [7, 11) is 3.72. The summed E-state index contributed by atoms with van der Waals surface area (Å²) in [6.07, 6.45) is 0. The number of carbonyl (C=O) groups is 2. The maximum absolute atomic E-state index is 13.1. The molecule has 6 rings (SSSR count). The summed E-state index contributed by atoms with van der Waals surface area (Å²) < 4.78 is 5.34. The van der Waals surface area contributed by atoms with Crippen molar-refractivity contribution in [2.45, 2.75) is 0 Å². The normalized spacial score (nSPS) is 14.5. The van der Waals surface area contributed by atoms with E-state index < -0.39 is 5.91 Å². The Kier molecular flexibility index (Phi) is 5.57. The number of fused-ring (bicyclic) bond motifs is 4. The van der Waals surface area contributed by atoms with Gasteiger partial charge in [-0.1, -0.05) is 24.3 Å². The molecule has 0 atom stereocenters. The van der Waals surface area contributed by atoms with Crippen molar-refractivity contribution in [1.29, 1.82) is 0 Å². The van der Waals surface area contributed by atoms with Crippen LogP contribution in [0.3, 0.4) is 0 Å². The molecule has 1 aliphatic heterocycles. The Morgan fingerprint density at radius 3 is 2.35 bits per heavy atom. The van der Waals surface area contributed by atoms with Crippen molar-refractivity contribution in [2.24, 2.45) is 5.73 Å². The SMILES string of the molecule is COc1ccc2cc(-c3cc(C(N)=O)c4[nH]c5cc(C(=O)N6CCN(C)CC6)ccc5c4c3)ccc2c1. The summed E-state index contributed by atoms with van der Waals surface area (Å²) in [6.45, 7) is 3.17. The first-order chi connectivity index (χ1) is 17.9. The van der Waals surface area contributed by atoms with Crippen LogP contribution < -0.4 is 10.5 Å². The number of hydrogen-bond donors (Lipinski definition) is 2. The van der Waals surface area contributed by atoms with Gasteiger partial charge in [0.2, 0.25) is 0 Å². The van der Waals surface area contributed by atoms with Gasteiger partial charge in [-0.2, -0.15) is 0 Å². The first-order valence-electron chi connectivity index (χ1n) is 12.4. The number of nitrogens with zero attached hydrogens (tertiary/aromatic N) is 2. The van der Waals surface area contributed by atoms with Gasteiger partial charge in [0.1, 0.15) is 5.75 Å². The molecule has 7 nitrogen and oxygen atoms in total. The fourth-order valence-electron chi connectivity index (χ4n) is 5.22. The van der Waals surface area contributed by atoms with Crippen molar-refractivity contribution in [2.75, 3.05) is 40.3 Å². The molecule has 1 aromatic heterocycles. The van der Waals surface area contributed by atoms with Crippen LogP contribution in [0.4, 0.5) is 0 Å². The standard InChI is InChI=1S/C30H28N4O3/c1-33-9-11-34(12-10-33)30(36)21-6-8-24-25-15-22(16-26(29(31)35)28(25)32-27(24)17-21)19-3-4-20-14-23(37-2)7-5-18(20)13-19/h3-8,13-17,32H,9-12H2,1-2H3,(H2,31,35). The minimum Gasteiger partial charge on any atom is -0.497 e. The van der Waals surface area contributed by atoms with Gasteiger partial charge in [-0.05, 0) is 71.4 Å². The van der Waals surface area contributed by atoms with Crippen LogP contribution >= 0.6 is 0 Å². The van der Waals surface area contributed by atoms with E-state index in [1.165, 1.54) is 0 Å². The quantitative estimate of drug-likeness (QED) is 0.383. The molecule has 1 fully saturated rings. The third-order valence-corrected chi connectivity index (χ3v) is 7.39. The van der Waals surface area contributed by atoms with Crippen molar-refractivity contribution >= 4 is 44.4 Å². The molecular formula is C30H28N4O3. The lowest BCUT2D eigenvalue weighted by atomic mass is 9.96. The highest BCUT2D eigenvalue weighted by molar-refractivity contribution is 6.17. The van der Waals surface area contributed by atoms with Crippen molar-refractivity contribution in [3.8, 4) is 16.9 Å². The van der Waals surface area contributed by atoms with Crippen molar-refractivity contribution in [1.82, 2.24) is 14.8 Å². The highest BCUT2D eigenvalue weighted by atomic mass is 16.5. The van der Waals surface area contributed by atoms with E-state index >= 15 is 0 Å². The first-order valence-corrected chi connectivity index (χ1v) is 12.4. The van der Waals surface area contributed by atoms with Crippen LogP contribution in [-0.4, -0.2) is 66.9 Å². The van der Waals surface area contributed by atoms with E-state index in [-0.39, 0.29) is 5.91 Å². The number of H-pyrrole nitrogens is 1. The molecule has 3 N–H and O–H groups in total. The number of hydrogen-bond acceptors (Lipinski definition) is 4. The number of piperazine rings is 1. The molecule has 0 saturated carbocycles. The molecule has 37 heavy (non-hydrogen) atoms. The second-order valence-electron chi connectivity index (χ2n) is 9.72. The van der Waals surface area contributed by atoms with Gasteiger partial charge in [0, 0.05) is 48.0 Å². The smallest absolute Gasteiger partial charge is 0.254 e. The summed E-state index contributed by atoms with van der Waals surface area (Å²) in [6, 6.07) is 21.8. The Morgan fingerprint density at radius 1 is 0.838 bits per heavy atom. The zero-order valence-corrected chi connectivity index (χ0v) is 20.9. The van der Waals surface area contributed by atoms with Crippen molar-refractivity contribution in [3.63, 3.8) is 0 Å². The highest BCUT2D eigenvalue weighted by Gasteiger charge is 2.22. The predicted octanol–water partition coefficient (Wildman–Crippen LogP) is 4.64. The number of carbonyl (C=O) groups excluding carboxylic acids is 2. The van der Waals surface area contributed by atoms with Gasteiger partial charge in [0.05, 0.1) is 18.2 Å². The molecular weight excluding hydrogens is 464 g/mol. The molecule has 2 amide bonds. The van der Waals surface area contributed by atoms with E-state index in [4.69, 9.17) is 10.5 Å². The van der Waals surface area contributed by atoms with Crippen LogP contribution in [0.15, 0.2) is 66.7 Å². The molecule has 186 valence electrons. The number of primary amides is 1. The molecule has 7 heteroatoms. The summed E-state index contributed by atoms with van der Waals surface area (Å²) >= 11 is 0. The molecule has 1 saturated heterocycles. The number of rotatable bonds is 4. The van der Waals surface area contributed by atoms with E-state index in [2.05, 4.69) is 29.1 Å². The monoisotopic (exact) mass is 492 g/mol. The number of amides is 2. The van der Waals surface area contributed by atoms with Crippen molar-refractivity contribution in [3.05, 3.63) is 77.9 Å². The van der Waals surface area contributed by atoms with Gasteiger partial charge >= 0.3 is 0 Å². The average molecular weight is 493 g/mol. The van der Waals surface area contributed by atoms with Crippen molar-refractivity contribution < 1.29 is 14.3 Å². The van der Waals surface area contributed by atoms with Crippen LogP contribution in [0.25, 0.3) is 43.7 Å². The first kappa shape index (κ1) is 23.1. The zero-order chi connectivity index (χ0) is 25.7. The molecule has 5 aromatic rings. The number of aromatic nitrogens is 1. The van der Waals surface area contributed by atoms with Gasteiger partial charge in [0.15, 0.2) is 0 Å². The summed E-state index contributed by atoms with van der Waals surface area (Å²) in [5, 5.41) is 3.99. The molecule has 0 bridgehead atoms. The number of nitrogens with two attached hydrogens (primary N) is 1. The Bertz CT molecular complexity index is 1700. The number of ether oxygens (including phenoxy) is 1. The minimum absolute atomic E-state index is 0.0252. The third-order valence-electron chi connectivity index (χ3n) is 7.39. The lowest BCUT2D eigenvalue weighted by Gasteiger charge is -2.32. The highest BCUT2D eigenvalue weighted by Crippen LogP contribution is 2.35. The predicted molar refractivity (Wildman–Crippen MR) is 147 cm³/mol. The fraction of sp³-hybridized carbons (Fsp3) is 0.200. The molecule has 0 unspecified atom stereocenters. The number of methoxy groups -OCH3 is 1. The van der Waals surface area contributed by atoms with E-state index in [0.717, 1.165) is 57.0 Å². The van der Waals surface area contributed by atoms with E-state index in [9.17, 15) is 9.59 Å².